The second-order valence-corrected chi connectivity index (χ2v) is 10.1. The molecule has 1 N–H and O–H groups in total. The first-order valence-electron chi connectivity index (χ1n) is 11.6. The predicted octanol–water partition coefficient (Wildman–Crippen LogP) is 6.38. The molecule has 4 nitrogen and oxygen atoms in total. The van der Waals surface area contributed by atoms with Gasteiger partial charge in [0.25, 0.3) is 0 Å². The minimum absolute atomic E-state index is 0.134. The fourth-order valence-corrected chi connectivity index (χ4v) is 5.56. The molecule has 3 fully saturated rings. The van der Waals surface area contributed by atoms with Crippen molar-refractivity contribution in [2.75, 3.05) is 22.5 Å². The van der Waals surface area contributed by atoms with Crippen LogP contribution in [-0.4, -0.2) is 29.2 Å². The molecule has 3 heterocycles. The molecule has 3 aliphatic rings. The van der Waals surface area contributed by atoms with E-state index in [1.807, 2.05) is 48.2 Å². The number of pyridine rings is 1. The molecule has 6 rings (SSSR count). The number of carbonyl (C=O) groups excluding carboxylic acids is 1. The highest BCUT2D eigenvalue weighted by Crippen LogP contribution is 2.37. The average molecular weight is 444 g/mol. The Labute approximate surface area is 194 Å². The fraction of sp³-hybridized carbons (Fsp3) is 0.333. The zero-order valence-electron chi connectivity index (χ0n) is 18.5. The smallest absolute Gasteiger partial charge is 0.248 e. The van der Waals surface area contributed by atoms with Crippen LogP contribution < -0.4 is 10.2 Å². The molecule has 2 aromatic carbocycles. The van der Waals surface area contributed by atoms with Crippen molar-refractivity contribution in [1.82, 2.24) is 4.98 Å². The lowest BCUT2D eigenvalue weighted by molar-refractivity contribution is -0.111. The minimum Gasteiger partial charge on any atom is -0.353 e. The molecule has 2 bridgehead atoms. The van der Waals surface area contributed by atoms with Crippen LogP contribution >= 0.6 is 11.8 Å². The van der Waals surface area contributed by atoms with Crippen LogP contribution in [0.25, 0.3) is 17.0 Å². The first-order chi connectivity index (χ1) is 15.7. The van der Waals surface area contributed by atoms with Crippen molar-refractivity contribution < 1.29 is 4.79 Å². The summed E-state index contributed by atoms with van der Waals surface area (Å²) in [5, 5.41) is 4.01. The van der Waals surface area contributed by atoms with E-state index in [1.54, 1.807) is 6.08 Å². The van der Waals surface area contributed by atoms with Gasteiger partial charge in [-0.3, -0.25) is 4.79 Å². The van der Waals surface area contributed by atoms with Crippen LogP contribution in [0.2, 0.25) is 0 Å². The number of rotatable bonds is 6. The number of nitrogens with zero attached hydrogens (tertiary/aromatic N) is 2. The Morgan fingerprint density at radius 2 is 1.91 bits per heavy atom. The molecule has 1 saturated carbocycles. The van der Waals surface area contributed by atoms with Gasteiger partial charge in [-0.15, -0.1) is 11.8 Å². The van der Waals surface area contributed by atoms with Crippen molar-refractivity contribution in [2.45, 2.75) is 43.5 Å². The number of anilines is 2. The average Bonchev–Trinajstić information content (AvgIpc) is 2.84. The maximum atomic E-state index is 12.4. The number of amides is 1. The quantitative estimate of drug-likeness (QED) is 0.355. The van der Waals surface area contributed by atoms with E-state index in [0.29, 0.717) is 6.04 Å². The number of carbonyl (C=O) groups is 1. The first kappa shape index (κ1) is 21.1. The van der Waals surface area contributed by atoms with Crippen LogP contribution in [0.1, 0.15) is 38.2 Å². The summed E-state index contributed by atoms with van der Waals surface area (Å²) in [5.41, 5.74) is 2.78. The summed E-state index contributed by atoms with van der Waals surface area (Å²) < 4.78 is 0. The normalized spacial score (nSPS) is 20.2. The fourth-order valence-electron chi connectivity index (χ4n) is 4.90. The third-order valence-electron chi connectivity index (χ3n) is 6.57. The molecular formula is C27H29N3OS. The largest absolute Gasteiger partial charge is 0.353 e. The Kier molecular flexibility index (Phi) is 6.17. The lowest BCUT2D eigenvalue weighted by Crippen LogP contribution is -2.48. The maximum absolute atomic E-state index is 12.4. The van der Waals surface area contributed by atoms with E-state index in [9.17, 15) is 4.79 Å². The van der Waals surface area contributed by atoms with Gasteiger partial charge in [-0.2, -0.15) is 0 Å². The zero-order valence-corrected chi connectivity index (χ0v) is 19.3. The number of hydrogen-bond donors (Lipinski definition) is 1. The van der Waals surface area contributed by atoms with Gasteiger partial charge in [-0.05, 0) is 91.5 Å². The third kappa shape index (κ3) is 4.68. The molecule has 0 radical (unpaired) electrons. The van der Waals surface area contributed by atoms with Crippen molar-refractivity contribution >= 4 is 46.2 Å². The molecular weight excluding hydrogens is 414 g/mol. The van der Waals surface area contributed by atoms with Crippen molar-refractivity contribution in [1.29, 1.82) is 0 Å². The molecule has 0 atom stereocenters. The summed E-state index contributed by atoms with van der Waals surface area (Å²) in [5.74, 6) is 2.84. The van der Waals surface area contributed by atoms with Crippen molar-refractivity contribution in [2.24, 2.45) is 5.92 Å². The summed E-state index contributed by atoms with van der Waals surface area (Å²) in [7, 11) is 0. The SMILES string of the molecule is CCSc1ccc(C=CC(=O)Nc2ccc3nc(N4CC5CCC4CC5)ccc3c2)cc1. The highest BCUT2D eigenvalue weighted by Gasteiger charge is 2.34. The second-order valence-electron chi connectivity index (χ2n) is 8.73. The van der Waals surface area contributed by atoms with Gasteiger partial charge < -0.3 is 10.2 Å². The number of fused-ring (bicyclic) bond motifs is 4. The molecule has 5 heteroatoms. The Balaban J connectivity index is 1.25. The Morgan fingerprint density at radius 1 is 1.09 bits per heavy atom. The Morgan fingerprint density at radius 3 is 2.62 bits per heavy atom. The molecule has 0 unspecified atom stereocenters. The van der Waals surface area contributed by atoms with E-state index in [1.165, 1.54) is 30.6 Å². The van der Waals surface area contributed by atoms with Crippen LogP contribution in [0, 0.1) is 5.92 Å². The molecule has 3 aromatic rings. The van der Waals surface area contributed by atoms with Gasteiger partial charge in [-0.25, -0.2) is 4.98 Å². The molecule has 0 spiro atoms. The van der Waals surface area contributed by atoms with E-state index >= 15 is 0 Å². The standard InChI is InChI=1S/C27H29N3OS/c1-2-32-24-12-5-19(6-13-24)7-16-27(31)28-22-9-14-25-21(17-22)8-15-26(29-25)30-18-20-3-10-23(30)11-4-20/h5-9,12-17,20,23H,2-4,10-11,18H2,1H3,(H,28,31). The van der Waals surface area contributed by atoms with Gasteiger partial charge in [0.2, 0.25) is 5.91 Å². The molecule has 1 aromatic heterocycles. The number of aromatic nitrogens is 1. The van der Waals surface area contributed by atoms with E-state index in [-0.39, 0.29) is 5.91 Å². The topological polar surface area (TPSA) is 45.2 Å². The van der Waals surface area contributed by atoms with Gasteiger partial charge in [0.1, 0.15) is 5.82 Å². The number of benzene rings is 2. The predicted molar refractivity (Wildman–Crippen MR) is 135 cm³/mol. The van der Waals surface area contributed by atoms with Gasteiger partial charge in [0, 0.05) is 34.6 Å². The van der Waals surface area contributed by atoms with Gasteiger partial charge >= 0.3 is 0 Å². The van der Waals surface area contributed by atoms with Crippen LogP contribution in [-0.2, 0) is 4.79 Å². The number of thioether (sulfide) groups is 1. The van der Waals surface area contributed by atoms with Crippen molar-refractivity contribution in [3.8, 4) is 0 Å². The van der Waals surface area contributed by atoms with Crippen LogP contribution in [0.15, 0.2) is 65.6 Å². The highest BCUT2D eigenvalue weighted by atomic mass is 32.2. The summed E-state index contributed by atoms with van der Waals surface area (Å²) in [6, 6.07) is 19.1. The summed E-state index contributed by atoms with van der Waals surface area (Å²) >= 11 is 1.81. The van der Waals surface area contributed by atoms with Crippen LogP contribution in [0.3, 0.4) is 0 Å². The Bertz CT molecular complexity index is 1130. The lowest BCUT2D eigenvalue weighted by Gasteiger charge is -2.46. The molecule has 164 valence electrons. The first-order valence-corrected chi connectivity index (χ1v) is 12.6. The Hall–Kier alpha value is -2.79. The van der Waals surface area contributed by atoms with Crippen LogP contribution in [0.4, 0.5) is 11.5 Å². The third-order valence-corrected chi connectivity index (χ3v) is 7.46. The van der Waals surface area contributed by atoms with Crippen molar-refractivity contribution in [3.05, 3.63) is 66.2 Å². The highest BCUT2D eigenvalue weighted by molar-refractivity contribution is 7.99. The molecule has 2 saturated heterocycles. The van der Waals surface area contributed by atoms with E-state index in [2.05, 4.69) is 41.4 Å². The van der Waals surface area contributed by atoms with E-state index in [4.69, 9.17) is 4.98 Å². The monoisotopic (exact) mass is 443 g/mol. The van der Waals surface area contributed by atoms with Gasteiger partial charge in [0.15, 0.2) is 0 Å². The van der Waals surface area contributed by atoms with Gasteiger partial charge in [0.05, 0.1) is 5.52 Å². The number of piperidine rings is 2. The summed E-state index contributed by atoms with van der Waals surface area (Å²) in [6.45, 7) is 3.28. The zero-order chi connectivity index (χ0) is 21.9. The minimum atomic E-state index is -0.134. The van der Waals surface area contributed by atoms with Gasteiger partial charge in [-0.1, -0.05) is 19.1 Å². The molecule has 32 heavy (non-hydrogen) atoms. The van der Waals surface area contributed by atoms with E-state index in [0.717, 1.165) is 46.2 Å². The lowest BCUT2D eigenvalue weighted by atomic mass is 9.80. The van der Waals surface area contributed by atoms with Crippen LogP contribution in [0.5, 0.6) is 0 Å². The maximum Gasteiger partial charge on any atom is 0.248 e. The van der Waals surface area contributed by atoms with E-state index < -0.39 is 0 Å². The second kappa shape index (κ2) is 9.37. The number of hydrogen-bond acceptors (Lipinski definition) is 4. The molecule has 2 aliphatic heterocycles. The summed E-state index contributed by atoms with van der Waals surface area (Å²) in [4.78, 5) is 21.1. The molecule has 1 aliphatic carbocycles. The summed E-state index contributed by atoms with van der Waals surface area (Å²) in [6.07, 6.45) is 8.76. The number of nitrogens with one attached hydrogen (secondary N) is 1. The molecule has 1 amide bonds. The van der Waals surface area contributed by atoms with Crippen molar-refractivity contribution in [3.63, 3.8) is 0 Å².